The van der Waals surface area contributed by atoms with E-state index >= 15 is 0 Å². The highest BCUT2D eigenvalue weighted by Crippen LogP contribution is 2.27. The van der Waals surface area contributed by atoms with Gasteiger partial charge in [-0.25, -0.2) is 16.8 Å². The number of hydrogen-bond donors (Lipinski definition) is 1. The number of rotatable bonds is 14. The Morgan fingerprint density at radius 1 is 0.706 bits per heavy atom. The summed E-state index contributed by atoms with van der Waals surface area (Å²) in [5, 5.41) is 0. The summed E-state index contributed by atoms with van der Waals surface area (Å²) in [5.74, 6) is 0. The van der Waals surface area contributed by atoms with Crippen molar-refractivity contribution in [2.45, 2.75) is 88.6 Å². The van der Waals surface area contributed by atoms with Crippen molar-refractivity contribution < 1.29 is 43.2 Å². The lowest BCUT2D eigenvalue weighted by Crippen LogP contribution is -2.45. The summed E-state index contributed by atoms with van der Waals surface area (Å²) in [4.78, 5) is 4.65. The van der Waals surface area contributed by atoms with Gasteiger partial charge in [-0.1, -0.05) is 75.3 Å². The zero-order chi connectivity index (χ0) is 26.5. The first kappa shape index (κ1) is 32.8. The molecular weight excluding hydrogens is 512 g/mol. The Labute approximate surface area is 198 Å². The van der Waals surface area contributed by atoms with Crippen LogP contribution in [-0.2, 0) is 20.0 Å². The predicted molar refractivity (Wildman–Crippen MR) is 118 cm³/mol. The molecule has 0 unspecified atom stereocenters. The lowest BCUT2D eigenvalue weighted by molar-refractivity contribution is -0.0476. The van der Waals surface area contributed by atoms with Gasteiger partial charge in [0.1, 0.15) is 0 Å². The van der Waals surface area contributed by atoms with Crippen molar-refractivity contribution in [3.8, 4) is 0 Å². The monoisotopic (exact) mass is 547 g/mol. The van der Waals surface area contributed by atoms with Gasteiger partial charge in [0.25, 0.3) is 0 Å². The second-order valence-corrected chi connectivity index (χ2v) is 11.6. The van der Waals surface area contributed by atoms with Crippen LogP contribution in [0.15, 0.2) is 12.4 Å². The van der Waals surface area contributed by atoms with Gasteiger partial charge in [-0.15, -0.1) is 0 Å². The minimum Gasteiger partial charge on any atom is -0.362 e. The Morgan fingerprint density at radius 2 is 1.09 bits per heavy atom. The van der Waals surface area contributed by atoms with Crippen molar-refractivity contribution >= 4 is 20.0 Å². The van der Waals surface area contributed by atoms with Crippen LogP contribution in [0.3, 0.4) is 0 Å². The fourth-order valence-corrected chi connectivity index (χ4v) is 4.86. The van der Waals surface area contributed by atoms with E-state index in [9.17, 15) is 43.2 Å². The van der Waals surface area contributed by atoms with Crippen LogP contribution < -0.4 is 4.13 Å². The number of nitrogens with zero attached hydrogens (tertiary/aromatic N) is 2. The summed E-state index contributed by atoms with van der Waals surface area (Å²) in [6.45, 7) is 4.60. The highest BCUT2D eigenvalue weighted by Gasteiger charge is 2.55. The molecule has 204 valence electrons. The smallest absolute Gasteiger partial charge is 0.362 e. The number of hydrogen-bond acceptors (Lipinski definition) is 6. The topological polar surface area (TPSA) is 86.8 Å². The standard InChI is InChI=1S/C17H34N2.C2HF6NO4S2/c1-3-4-5-6-7-8-9-10-11-12-13-14-19-16-15-18(2)17-19;3-1(4,5)14(10,11)9-15(12,13)2(6,7)8/h15-16H,3-14,17H2,1-2H3;9H. The summed E-state index contributed by atoms with van der Waals surface area (Å²) >= 11 is 0. The quantitative estimate of drug-likeness (QED) is 0.236. The number of nitrogens with one attached hydrogen (secondary N) is 1. The zero-order valence-corrected chi connectivity index (χ0v) is 21.1. The minimum absolute atomic E-state index is 0.493. The maximum absolute atomic E-state index is 11.5. The van der Waals surface area contributed by atoms with Crippen LogP contribution in [0.4, 0.5) is 26.3 Å². The molecule has 0 fully saturated rings. The van der Waals surface area contributed by atoms with Gasteiger partial charge in [0.2, 0.25) is 0 Å². The SMILES string of the molecule is CCCCCCCCCCCCCN1C=CN(C)C1.O=S(=O)(NS(=O)(=O)C(F)(F)F)C(F)(F)F. The highest BCUT2D eigenvalue weighted by atomic mass is 32.3. The Bertz CT molecular complexity index is 758. The Morgan fingerprint density at radius 3 is 1.41 bits per heavy atom. The van der Waals surface area contributed by atoms with Crippen LogP contribution >= 0.6 is 0 Å². The second-order valence-electron chi connectivity index (χ2n) is 8.03. The molecule has 1 rings (SSSR count). The van der Waals surface area contributed by atoms with E-state index in [0.717, 1.165) is 6.67 Å². The Kier molecular flexibility index (Phi) is 14.5. The molecule has 0 spiro atoms. The van der Waals surface area contributed by atoms with Gasteiger partial charge >= 0.3 is 31.1 Å². The van der Waals surface area contributed by atoms with E-state index in [2.05, 4.69) is 36.2 Å². The van der Waals surface area contributed by atoms with E-state index in [-0.39, 0.29) is 0 Å². The van der Waals surface area contributed by atoms with E-state index in [1.807, 2.05) is 0 Å². The molecule has 0 bridgehead atoms. The van der Waals surface area contributed by atoms with Crippen LogP contribution in [-0.4, -0.2) is 57.9 Å². The van der Waals surface area contributed by atoms with Crippen LogP contribution in [0.2, 0.25) is 0 Å². The zero-order valence-electron chi connectivity index (χ0n) is 19.5. The van der Waals surface area contributed by atoms with E-state index in [4.69, 9.17) is 0 Å². The predicted octanol–water partition coefficient (Wildman–Crippen LogP) is 5.25. The molecule has 1 aliphatic rings. The summed E-state index contributed by atoms with van der Waals surface area (Å²) in [6, 6.07) is 0. The molecule has 0 atom stereocenters. The van der Waals surface area contributed by atoms with E-state index in [1.165, 1.54) is 77.2 Å². The number of sulfonamides is 2. The molecule has 0 saturated heterocycles. The van der Waals surface area contributed by atoms with Crippen LogP contribution in [0.5, 0.6) is 0 Å². The van der Waals surface area contributed by atoms with E-state index < -0.39 is 35.2 Å². The second kappa shape index (κ2) is 15.0. The molecule has 1 heterocycles. The third-order valence-corrected chi connectivity index (χ3v) is 7.79. The van der Waals surface area contributed by atoms with Gasteiger partial charge in [0, 0.05) is 26.0 Å². The first-order valence-electron chi connectivity index (χ1n) is 11.1. The molecule has 0 aromatic heterocycles. The first-order chi connectivity index (χ1) is 15.5. The fraction of sp³-hybridized carbons (Fsp3) is 0.895. The Hall–Kier alpha value is -1.22. The van der Waals surface area contributed by atoms with Crippen molar-refractivity contribution in [3.63, 3.8) is 0 Å². The van der Waals surface area contributed by atoms with Crippen LogP contribution in [0, 0.1) is 0 Å². The van der Waals surface area contributed by atoms with Crippen LogP contribution in [0.25, 0.3) is 0 Å². The molecule has 0 aromatic rings. The molecule has 0 aliphatic carbocycles. The van der Waals surface area contributed by atoms with Gasteiger partial charge in [-0.3, -0.25) is 0 Å². The maximum Gasteiger partial charge on any atom is 0.512 e. The van der Waals surface area contributed by atoms with Crippen molar-refractivity contribution in [2.24, 2.45) is 0 Å². The maximum atomic E-state index is 11.5. The minimum atomic E-state index is -6.60. The summed E-state index contributed by atoms with van der Waals surface area (Å²) in [6.07, 6.45) is 20.1. The highest BCUT2D eigenvalue weighted by molar-refractivity contribution is 8.05. The lowest BCUT2D eigenvalue weighted by atomic mass is 10.1. The van der Waals surface area contributed by atoms with Gasteiger partial charge < -0.3 is 9.80 Å². The van der Waals surface area contributed by atoms with Crippen molar-refractivity contribution in [3.05, 3.63) is 12.4 Å². The van der Waals surface area contributed by atoms with Gasteiger partial charge in [0.05, 0.1) is 6.67 Å². The van der Waals surface area contributed by atoms with Crippen molar-refractivity contribution in [2.75, 3.05) is 20.3 Å². The van der Waals surface area contributed by atoms with E-state index in [1.54, 1.807) is 0 Å². The van der Waals surface area contributed by atoms with E-state index in [0.29, 0.717) is 0 Å². The average molecular weight is 548 g/mol. The first-order valence-corrected chi connectivity index (χ1v) is 14.0. The molecule has 7 nitrogen and oxygen atoms in total. The van der Waals surface area contributed by atoms with Crippen LogP contribution in [0.1, 0.15) is 77.6 Å². The molecule has 1 aliphatic heterocycles. The molecule has 0 saturated carbocycles. The lowest BCUT2D eigenvalue weighted by Gasteiger charge is -2.17. The van der Waals surface area contributed by atoms with Gasteiger partial charge in [-0.05, 0) is 6.42 Å². The van der Waals surface area contributed by atoms with Gasteiger partial charge in [0.15, 0.2) is 0 Å². The number of alkyl halides is 6. The van der Waals surface area contributed by atoms with Crippen molar-refractivity contribution in [1.82, 2.24) is 13.9 Å². The summed E-state index contributed by atoms with van der Waals surface area (Å²) < 4.78 is 108. The third-order valence-electron chi connectivity index (χ3n) is 4.81. The molecule has 34 heavy (non-hydrogen) atoms. The molecule has 1 N–H and O–H groups in total. The molecule has 15 heteroatoms. The normalized spacial score (nSPS) is 14.9. The van der Waals surface area contributed by atoms with Gasteiger partial charge in [-0.2, -0.15) is 26.3 Å². The van der Waals surface area contributed by atoms with Crippen molar-refractivity contribution in [1.29, 1.82) is 0 Å². The summed E-state index contributed by atoms with van der Waals surface area (Å²) in [7, 11) is -11.1. The third kappa shape index (κ3) is 13.6. The molecule has 0 radical (unpaired) electrons. The Balaban J connectivity index is 0.000000661. The summed E-state index contributed by atoms with van der Waals surface area (Å²) in [5.41, 5.74) is -12.3. The fourth-order valence-electron chi connectivity index (χ4n) is 2.95. The largest absolute Gasteiger partial charge is 0.512 e. The number of halogens is 6. The number of unbranched alkanes of at least 4 members (excludes halogenated alkanes) is 10. The molecular formula is C19H35F6N3O4S2. The molecule has 0 amide bonds. The molecule has 0 aromatic carbocycles. The average Bonchev–Trinajstić information content (AvgIpc) is 3.09.